The first-order chi connectivity index (χ1) is 18.7. The van der Waals surface area contributed by atoms with Crippen LogP contribution in [0.1, 0.15) is 67.7 Å². The van der Waals surface area contributed by atoms with E-state index in [1.807, 2.05) is 18.2 Å². The van der Waals surface area contributed by atoms with Crippen molar-refractivity contribution < 1.29 is 37.4 Å². The summed E-state index contributed by atoms with van der Waals surface area (Å²) in [5.41, 5.74) is -3.99. The Morgan fingerprint density at radius 3 is 2.38 bits per heavy atom. The molecule has 0 spiro atoms. The molecule has 0 bridgehead atoms. The Hall–Kier alpha value is -2.65. The number of rotatable bonds is 5. The standard InChI is InChI=1S/C30H32ClF4NO4/c1-27(32,30(33,34)35)21-6-7-23-20(16-21)5-8-24-28(23,17-18-3-2-4-22(31)15-18)13-14-36(24)26(39)29(40)11-9-19(10-12-29)25(37)38/h2-4,6-7,15-16,19,24,40H,5,8-14,17H2,1H3,(H,37,38)/t19-,24?,27?,28?,29+. The zero-order chi connectivity index (χ0) is 29.1. The van der Waals surface area contributed by atoms with E-state index in [9.17, 15) is 37.4 Å². The fourth-order valence-electron chi connectivity index (χ4n) is 7.10. The summed E-state index contributed by atoms with van der Waals surface area (Å²) in [6, 6.07) is 11.0. The van der Waals surface area contributed by atoms with Crippen LogP contribution in [0.5, 0.6) is 0 Å². The second-order valence-corrected chi connectivity index (χ2v) is 12.2. The Morgan fingerprint density at radius 2 is 1.75 bits per heavy atom. The van der Waals surface area contributed by atoms with Crippen molar-refractivity contribution >= 4 is 23.5 Å². The molecule has 2 aromatic carbocycles. The van der Waals surface area contributed by atoms with Crippen molar-refractivity contribution in [3.05, 3.63) is 69.7 Å². The topological polar surface area (TPSA) is 77.8 Å². The van der Waals surface area contributed by atoms with Gasteiger partial charge in [0, 0.05) is 23.0 Å². The van der Waals surface area contributed by atoms with Gasteiger partial charge in [0.15, 0.2) is 0 Å². The zero-order valence-corrected chi connectivity index (χ0v) is 22.9. The molecule has 5 rings (SSSR count). The average molecular weight is 582 g/mol. The quantitative estimate of drug-likeness (QED) is 0.417. The molecule has 2 aliphatic carbocycles. The largest absolute Gasteiger partial charge is 0.481 e. The van der Waals surface area contributed by atoms with Gasteiger partial charge < -0.3 is 15.1 Å². The van der Waals surface area contributed by atoms with Crippen molar-refractivity contribution in [1.29, 1.82) is 0 Å². The summed E-state index contributed by atoms with van der Waals surface area (Å²) in [5, 5.41) is 21.2. The highest BCUT2D eigenvalue weighted by molar-refractivity contribution is 6.30. The van der Waals surface area contributed by atoms with Crippen LogP contribution < -0.4 is 0 Å². The number of carbonyl (C=O) groups is 2. The van der Waals surface area contributed by atoms with Crippen molar-refractivity contribution in [2.75, 3.05) is 6.54 Å². The molecule has 3 unspecified atom stereocenters. The number of fused-ring (bicyclic) bond motifs is 3. The second-order valence-electron chi connectivity index (χ2n) is 11.8. The maximum atomic E-state index is 14.9. The van der Waals surface area contributed by atoms with Gasteiger partial charge >= 0.3 is 12.1 Å². The molecule has 0 aromatic heterocycles. The van der Waals surface area contributed by atoms with Gasteiger partial charge in [0.2, 0.25) is 5.67 Å². The molecule has 1 saturated heterocycles. The minimum atomic E-state index is -5.07. The Balaban J connectivity index is 1.52. The maximum absolute atomic E-state index is 14.9. The van der Waals surface area contributed by atoms with E-state index in [4.69, 9.17) is 11.6 Å². The smallest absolute Gasteiger partial charge is 0.426 e. The maximum Gasteiger partial charge on any atom is 0.426 e. The number of hydrogen-bond donors (Lipinski definition) is 2. The van der Waals surface area contributed by atoms with E-state index in [1.54, 1.807) is 17.0 Å². The highest BCUT2D eigenvalue weighted by Gasteiger charge is 2.57. The third kappa shape index (κ3) is 4.79. The molecule has 3 aliphatic rings. The molecule has 2 N–H and O–H groups in total. The number of nitrogens with zero attached hydrogens (tertiary/aromatic N) is 1. The van der Waals surface area contributed by atoms with E-state index in [2.05, 4.69) is 0 Å². The van der Waals surface area contributed by atoms with Crippen LogP contribution in [0.4, 0.5) is 17.6 Å². The Morgan fingerprint density at radius 1 is 1.05 bits per heavy atom. The SMILES string of the molecule is CC(F)(c1ccc2c(c1)CCC1N(C(=O)[C@]3(O)CC[C@@H](C(=O)O)CC3)CCC21Cc1cccc(Cl)c1)C(F)(F)F. The van der Waals surface area contributed by atoms with Crippen LogP contribution >= 0.6 is 11.6 Å². The predicted molar refractivity (Wildman–Crippen MR) is 141 cm³/mol. The van der Waals surface area contributed by atoms with Gasteiger partial charge in [0.1, 0.15) is 5.60 Å². The number of aliphatic carboxylic acids is 1. The number of alkyl halides is 4. The summed E-state index contributed by atoms with van der Waals surface area (Å²) in [5.74, 6) is -1.96. The van der Waals surface area contributed by atoms with E-state index in [0.29, 0.717) is 49.7 Å². The van der Waals surface area contributed by atoms with E-state index < -0.39 is 46.2 Å². The molecule has 216 valence electrons. The van der Waals surface area contributed by atoms with Crippen molar-refractivity contribution in [1.82, 2.24) is 4.90 Å². The zero-order valence-electron chi connectivity index (χ0n) is 22.1. The van der Waals surface area contributed by atoms with Crippen molar-refractivity contribution in [3.8, 4) is 0 Å². The Bertz CT molecular complexity index is 1320. The fourth-order valence-corrected chi connectivity index (χ4v) is 7.31. The predicted octanol–water partition coefficient (Wildman–Crippen LogP) is 6.12. The molecule has 0 radical (unpaired) electrons. The minimum Gasteiger partial charge on any atom is -0.481 e. The summed E-state index contributed by atoms with van der Waals surface area (Å²) in [4.78, 5) is 26.9. The molecule has 40 heavy (non-hydrogen) atoms. The number of likely N-dealkylation sites (tertiary alicyclic amines) is 1. The molecule has 2 aromatic rings. The fraction of sp³-hybridized carbons (Fsp3) is 0.533. The van der Waals surface area contributed by atoms with Gasteiger partial charge in [-0.25, -0.2) is 4.39 Å². The third-order valence-corrected chi connectivity index (χ3v) is 9.68. The van der Waals surface area contributed by atoms with Crippen LogP contribution in [0.3, 0.4) is 0 Å². The molecule has 3 atom stereocenters. The summed E-state index contributed by atoms with van der Waals surface area (Å²) in [7, 11) is 0. The van der Waals surface area contributed by atoms with Crippen LogP contribution in [0.25, 0.3) is 0 Å². The number of amides is 1. The molecule has 10 heteroatoms. The molecule has 1 amide bonds. The highest BCUT2D eigenvalue weighted by atomic mass is 35.5. The second kappa shape index (κ2) is 10.0. The summed E-state index contributed by atoms with van der Waals surface area (Å²) >= 11 is 6.26. The molecule has 2 fully saturated rings. The Labute approximate surface area is 235 Å². The van der Waals surface area contributed by atoms with Crippen molar-refractivity contribution in [2.45, 2.75) is 87.2 Å². The van der Waals surface area contributed by atoms with Gasteiger partial charge in [0.05, 0.1) is 5.92 Å². The average Bonchev–Trinajstić information content (AvgIpc) is 3.26. The monoisotopic (exact) mass is 581 g/mol. The van der Waals surface area contributed by atoms with Gasteiger partial charge in [-0.2, -0.15) is 13.2 Å². The number of carboxylic acids is 1. The van der Waals surface area contributed by atoms with Gasteiger partial charge in [-0.15, -0.1) is 0 Å². The first-order valence-corrected chi connectivity index (χ1v) is 14.0. The minimum absolute atomic E-state index is 0.0553. The molecule has 1 aliphatic heterocycles. The lowest BCUT2D eigenvalue weighted by Gasteiger charge is -2.46. The lowest BCUT2D eigenvalue weighted by molar-refractivity contribution is -0.228. The van der Waals surface area contributed by atoms with Gasteiger partial charge in [-0.05, 0) is 92.7 Å². The van der Waals surface area contributed by atoms with Crippen molar-refractivity contribution in [2.24, 2.45) is 5.92 Å². The highest BCUT2D eigenvalue weighted by Crippen LogP contribution is 2.52. The van der Waals surface area contributed by atoms with E-state index in [-0.39, 0.29) is 31.7 Å². The summed E-state index contributed by atoms with van der Waals surface area (Å²) in [6.07, 6.45) is -2.80. The van der Waals surface area contributed by atoms with Crippen LogP contribution in [-0.4, -0.2) is 51.4 Å². The number of carbonyl (C=O) groups excluding carboxylic acids is 1. The normalized spacial score (nSPS) is 29.8. The number of halogens is 5. The first kappa shape index (κ1) is 28.9. The molecule has 5 nitrogen and oxygen atoms in total. The molecular formula is C30H32ClF4NO4. The third-order valence-electron chi connectivity index (χ3n) is 9.45. The molecule has 1 saturated carbocycles. The first-order valence-electron chi connectivity index (χ1n) is 13.6. The van der Waals surface area contributed by atoms with Gasteiger partial charge in [-0.1, -0.05) is 41.9 Å². The van der Waals surface area contributed by atoms with Crippen molar-refractivity contribution in [3.63, 3.8) is 0 Å². The molecular weight excluding hydrogens is 550 g/mol. The number of aryl methyl sites for hydroxylation is 1. The van der Waals surface area contributed by atoms with E-state index >= 15 is 0 Å². The Kier molecular flexibility index (Phi) is 7.23. The van der Waals surface area contributed by atoms with Crippen LogP contribution in [-0.2, 0) is 33.5 Å². The number of hydrogen-bond acceptors (Lipinski definition) is 3. The summed E-state index contributed by atoms with van der Waals surface area (Å²) in [6.45, 7) is 0.858. The number of benzene rings is 2. The van der Waals surface area contributed by atoms with E-state index in [1.165, 1.54) is 12.1 Å². The summed E-state index contributed by atoms with van der Waals surface area (Å²) < 4.78 is 55.4. The number of aliphatic hydroxyl groups is 1. The van der Waals surface area contributed by atoms with E-state index in [0.717, 1.165) is 11.1 Å². The van der Waals surface area contributed by atoms with Crippen LogP contribution in [0, 0.1) is 5.92 Å². The lowest BCUT2D eigenvalue weighted by atomic mass is 9.63. The molecule has 1 heterocycles. The van der Waals surface area contributed by atoms with Crippen LogP contribution in [0.15, 0.2) is 42.5 Å². The lowest BCUT2D eigenvalue weighted by Crippen LogP contribution is -2.56. The van der Waals surface area contributed by atoms with Gasteiger partial charge in [0.25, 0.3) is 5.91 Å². The van der Waals surface area contributed by atoms with Crippen LogP contribution in [0.2, 0.25) is 5.02 Å². The van der Waals surface area contributed by atoms with Gasteiger partial charge in [-0.3, -0.25) is 9.59 Å². The number of carboxylic acid groups (broad SMARTS) is 1.